The monoisotopic (exact) mass is 280 g/mol. The van der Waals surface area contributed by atoms with Gasteiger partial charge >= 0.3 is 5.97 Å². The van der Waals surface area contributed by atoms with E-state index in [1.165, 1.54) is 0 Å². The molecule has 2 nitrogen and oxygen atoms in total. The largest absolute Gasteiger partial charge is 0.423 e. The average molecular weight is 280 g/mol. The molecular weight excluding hydrogens is 260 g/mol. The predicted octanol–water partition coefficient (Wildman–Crippen LogP) is 4.85. The fraction of sp³-hybridized carbons (Fsp3) is 0.211. The molecule has 2 aromatic rings. The maximum absolute atomic E-state index is 12.2. The van der Waals surface area contributed by atoms with Crippen molar-refractivity contribution in [3.05, 3.63) is 71.8 Å². The average Bonchev–Trinajstić information content (AvgIpc) is 2.47. The van der Waals surface area contributed by atoms with Gasteiger partial charge in [0, 0.05) is 5.56 Å². The van der Waals surface area contributed by atoms with Gasteiger partial charge in [0.15, 0.2) is 0 Å². The lowest BCUT2D eigenvalue weighted by atomic mass is 9.86. The van der Waals surface area contributed by atoms with Crippen LogP contribution in [-0.4, -0.2) is 5.97 Å². The molecule has 0 saturated carbocycles. The van der Waals surface area contributed by atoms with Crippen molar-refractivity contribution in [1.82, 2.24) is 0 Å². The van der Waals surface area contributed by atoms with Crippen molar-refractivity contribution in [1.29, 1.82) is 0 Å². The van der Waals surface area contributed by atoms with Crippen LogP contribution >= 0.6 is 0 Å². The minimum atomic E-state index is -0.345. The van der Waals surface area contributed by atoms with Gasteiger partial charge in [0.05, 0.1) is 5.56 Å². The molecule has 0 atom stereocenters. The van der Waals surface area contributed by atoms with Crippen molar-refractivity contribution in [2.24, 2.45) is 0 Å². The number of hydrogen-bond acceptors (Lipinski definition) is 2. The third-order valence-electron chi connectivity index (χ3n) is 3.28. The van der Waals surface area contributed by atoms with E-state index in [1.54, 1.807) is 18.2 Å². The van der Waals surface area contributed by atoms with Crippen LogP contribution in [0.4, 0.5) is 0 Å². The summed E-state index contributed by atoms with van der Waals surface area (Å²) in [5.74, 6) is 0.269. The van der Waals surface area contributed by atoms with E-state index in [1.807, 2.05) is 36.4 Å². The molecule has 0 heterocycles. The maximum atomic E-state index is 12.2. The van der Waals surface area contributed by atoms with Gasteiger partial charge in [-0.25, -0.2) is 4.79 Å². The smallest absolute Gasteiger partial charge is 0.343 e. The third kappa shape index (κ3) is 3.60. The van der Waals surface area contributed by atoms with E-state index in [2.05, 4.69) is 27.4 Å². The molecule has 108 valence electrons. The zero-order chi connectivity index (χ0) is 15.5. The maximum Gasteiger partial charge on any atom is 0.343 e. The molecular formula is C19H20O2. The summed E-state index contributed by atoms with van der Waals surface area (Å²) in [5.41, 5.74) is 2.44. The first-order chi connectivity index (χ1) is 9.91. The number of carbonyl (C=O) groups excluding carboxylic acids is 1. The van der Waals surface area contributed by atoms with Crippen molar-refractivity contribution in [3.8, 4) is 5.75 Å². The minimum absolute atomic E-state index is 0.0798. The quantitative estimate of drug-likeness (QED) is 0.593. The second kappa shape index (κ2) is 5.96. The van der Waals surface area contributed by atoms with Crippen LogP contribution in [0.2, 0.25) is 0 Å². The zero-order valence-corrected chi connectivity index (χ0v) is 12.7. The summed E-state index contributed by atoms with van der Waals surface area (Å²) in [6.45, 7) is 9.98. The Labute approximate surface area is 126 Å². The standard InChI is InChI=1S/C19H20O2/c1-5-14-10-12-15(13-11-14)18(20)21-17-9-7-6-8-16(17)19(2,3)4/h5-13H,1H2,2-4H3. The molecule has 0 radical (unpaired) electrons. The first-order valence-electron chi connectivity index (χ1n) is 6.96. The Hall–Kier alpha value is -2.35. The Kier molecular flexibility index (Phi) is 4.27. The summed E-state index contributed by atoms with van der Waals surface area (Å²) in [6.07, 6.45) is 1.74. The van der Waals surface area contributed by atoms with Gasteiger partial charge in [-0.15, -0.1) is 0 Å². The normalized spacial score (nSPS) is 11.0. The highest BCUT2D eigenvalue weighted by Crippen LogP contribution is 2.31. The fourth-order valence-electron chi connectivity index (χ4n) is 2.09. The number of esters is 1. The van der Waals surface area contributed by atoms with Crippen molar-refractivity contribution >= 4 is 12.0 Å². The van der Waals surface area contributed by atoms with Crippen LogP contribution in [0, 0.1) is 0 Å². The van der Waals surface area contributed by atoms with Gasteiger partial charge in [0.25, 0.3) is 0 Å². The Morgan fingerprint density at radius 2 is 1.67 bits per heavy atom. The number of rotatable bonds is 3. The van der Waals surface area contributed by atoms with E-state index in [-0.39, 0.29) is 11.4 Å². The lowest BCUT2D eigenvalue weighted by molar-refractivity contribution is 0.0732. The second-order valence-electron chi connectivity index (χ2n) is 5.96. The molecule has 21 heavy (non-hydrogen) atoms. The lowest BCUT2D eigenvalue weighted by Crippen LogP contribution is -2.16. The lowest BCUT2D eigenvalue weighted by Gasteiger charge is -2.22. The summed E-state index contributed by atoms with van der Waals surface area (Å²) < 4.78 is 5.57. The van der Waals surface area contributed by atoms with Gasteiger partial charge in [-0.1, -0.05) is 63.8 Å². The van der Waals surface area contributed by atoms with Crippen LogP contribution in [0.3, 0.4) is 0 Å². The summed E-state index contributed by atoms with van der Waals surface area (Å²) in [4.78, 5) is 12.2. The fourth-order valence-corrected chi connectivity index (χ4v) is 2.09. The molecule has 0 saturated heterocycles. The Morgan fingerprint density at radius 1 is 1.05 bits per heavy atom. The Bertz CT molecular complexity index is 646. The van der Waals surface area contributed by atoms with E-state index in [0.717, 1.165) is 11.1 Å². The Morgan fingerprint density at radius 3 is 2.24 bits per heavy atom. The molecule has 0 spiro atoms. The highest BCUT2D eigenvalue weighted by molar-refractivity contribution is 5.91. The highest BCUT2D eigenvalue weighted by Gasteiger charge is 2.20. The summed E-state index contributed by atoms with van der Waals surface area (Å²) in [7, 11) is 0. The number of benzene rings is 2. The third-order valence-corrected chi connectivity index (χ3v) is 3.28. The molecule has 0 bridgehead atoms. The van der Waals surface area contributed by atoms with Crippen LogP contribution in [0.25, 0.3) is 6.08 Å². The molecule has 2 heteroatoms. The summed E-state index contributed by atoms with van der Waals surface area (Å²) in [6, 6.07) is 14.8. The minimum Gasteiger partial charge on any atom is -0.423 e. The van der Waals surface area contributed by atoms with Crippen LogP contribution in [0.5, 0.6) is 5.75 Å². The van der Waals surface area contributed by atoms with Gasteiger partial charge in [0.2, 0.25) is 0 Å². The number of ether oxygens (including phenoxy) is 1. The molecule has 0 aliphatic carbocycles. The van der Waals surface area contributed by atoms with Crippen LogP contribution in [-0.2, 0) is 5.41 Å². The van der Waals surface area contributed by atoms with Gasteiger partial charge < -0.3 is 4.74 Å². The zero-order valence-electron chi connectivity index (χ0n) is 12.7. The van der Waals surface area contributed by atoms with E-state index < -0.39 is 0 Å². The van der Waals surface area contributed by atoms with Gasteiger partial charge in [-0.05, 0) is 29.2 Å². The summed E-state index contributed by atoms with van der Waals surface area (Å²) in [5, 5.41) is 0. The molecule has 0 fully saturated rings. The highest BCUT2D eigenvalue weighted by atomic mass is 16.5. The predicted molar refractivity (Wildman–Crippen MR) is 86.6 cm³/mol. The molecule has 0 amide bonds. The Balaban J connectivity index is 2.25. The van der Waals surface area contributed by atoms with Crippen molar-refractivity contribution in [3.63, 3.8) is 0 Å². The number of carbonyl (C=O) groups is 1. The van der Waals surface area contributed by atoms with E-state index in [4.69, 9.17) is 4.74 Å². The molecule has 0 aliphatic rings. The van der Waals surface area contributed by atoms with E-state index >= 15 is 0 Å². The van der Waals surface area contributed by atoms with Crippen molar-refractivity contribution in [2.45, 2.75) is 26.2 Å². The van der Waals surface area contributed by atoms with Crippen LogP contribution < -0.4 is 4.74 Å². The van der Waals surface area contributed by atoms with E-state index in [9.17, 15) is 4.79 Å². The SMILES string of the molecule is C=Cc1ccc(C(=O)Oc2ccccc2C(C)(C)C)cc1. The second-order valence-corrected chi connectivity index (χ2v) is 5.96. The van der Waals surface area contributed by atoms with Crippen molar-refractivity contribution < 1.29 is 9.53 Å². The van der Waals surface area contributed by atoms with Gasteiger partial charge in [-0.2, -0.15) is 0 Å². The molecule has 2 aromatic carbocycles. The first-order valence-corrected chi connectivity index (χ1v) is 6.96. The van der Waals surface area contributed by atoms with Gasteiger partial charge in [-0.3, -0.25) is 0 Å². The number of hydrogen-bond donors (Lipinski definition) is 0. The molecule has 0 unspecified atom stereocenters. The number of para-hydroxylation sites is 1. The molecule has 2 rings (SSSR count). The van der Waals surface area contributed by atoms with Gasteiger partial charge in [0.1, 0.15) is 5.75 Å². The topological polar surface area (TPSA) is 26.3 Å². The van der Waals surface area contributed by atoms with Crippen molar-refractivity contribution in [2.75, 3.05) is 0 Å². The van der Waals surface area contributed by atoms with Crippen LogP contribution in [0.1, 0.15) is 42.3 Å². The molecule has 0 N–H and O–H groups in total. The molecule has 0 aliphatic heterocycles. The molecule has 0 aromatic heterocycles. The van der Waals surface area contributed by atoms with E-state index in [0.29, 0.717) is 11.3 Å². The summed E-state index contributed by atoms with van der Waals surface area (Å²) >= 11 is 0. The van der Waals surface area contributed by atoms with Crippen LogP contribution in [0.15, 0.2) is 55.1 Å². The first kappa shape index (κ1) is 15.0.